The van der Waals surface area contributed by atoms with E-state index in [-0.39, 0.29) is 17.8 Å². The topological polar surface area (TPSA) is 77.4 Å². The van der Waals surface area contributed by atoms with E-state index in [1.165, 1.54) is 14.2 Å². The fourth-order valence-electron chi connectivity index (χ4n) is 4.03. The highest BCUT2D eigenvalue weighted by molar-refractivity contribution is 6.07. The van der Waals surface area contributed by atoms with Crippen LogP contribution in [0.25, 0.3) is 0 Å². The second-order valence-electron chi connectivity index (χ2n) is 8.21. The van der Waals surface area contributed by atoms with Gasteiger partial charge >= 0.3 is 6.18 Å². The molecule has 2 N–H and O–H groups in total. The first-order valence-electron chi connectivity index (χ1n) is 10.6. The SMILES string of the molecule is COc1ccc(C2CC(C(F)(F)F)n3ncc(C(=O)Nc4ccc(C)c(C)c4)c3N2)cc1OC. The van der Waals surface area contributed by atoms with Crippen molar-refractivity contribution in [3.05, 3.63) is 64.8 Å². The highest BCUT2D eigenvalue weighted by Crippen LogP contribution is 2.45. The predicted octanol–water partition coefficient (Wildman–Crippen LogP) is 5.43. The lowest BCUT2D eigenvalue weighted by molar-refractivity contribution is -0.173. The first-order valence-corrected chi connectivity index (χ1v) is 10.6. The first-order chi connectivity index (χ1) is 16.1. The minimum Gasteiger partial charge on any atom is -0.493 e. The van der Waals surface area contributed by atoms with E-state index >= 15 is 0 Å². The average Bonchev–Trinajstić information content (AvgIpc) is 3.23. The molecule has 3 aromatic rings. The number of alkyl halides is 3. The molecule has 1 aliphatic heterocycles. The van der Waals surface area contributed by atoms with Gasteiger partial charge in [0.1, 0.15) is 11.4 Å². The smallest absolute Gasteiger partial charge is 0.410 e. The molecule has 180 valence electrons. The Balaban J connectivity index is 1.69. The van der Waals surface area contributed by atoms with Crippen molar-refractivity contribution in [2.45, 2.75) is 38.5 Å². The zero-order valence-electron chi connectivity index (χ0n) is 19.2. The molecule has 2 atom stereocenters. The molecular weight excluding hydrogens is 449 g/mol. The molecule has 0 fully saturated rings. The molecule has 0 radical (unpaired) electrons. The van der Waals surface area contributed by atoms with Crippen LogP contribution >= 0.6 is 0 Å². The highest BCUT2D eigenvalue weighted by atomic mass is 19.4. The van der Waals surface area contributed by atoms with Crippen LogP contribution in [-0.2, 0) is 0 Å². The van der Waals surface area contributed by atoms with Gasteiger partial charge in [-0.25, -0.2) is 4.68 Å². The fraction of sp³-hybridized carbons (Fsp3) is 0.333. The van der Waals surface area contributed by atoms with E-state index in [0.29, 0.717) is 22.7 Å². The van der Waals surface area contributed by atoms with Gasteiger partial charge in [0.15, 0.2) is 17.5 Å². The van der Waals surface area contributed by atoms with Crippen LogP contribution in [0.5, 0.6) is 11.5 Å². The molecule has 1 aliphatic rings. The van der Waals surface area contributed by atoms with Gasteiger partial charge in [0.2, 0.25) is 0 Å². The van der Waals surface area contributed by atoms with Gasteiger partial charge in [-0.15, -0.1) is 0 Å². The van der Waals surface area contributed by atoms with Gasteiger partial charge in [-0.1, -0.05) is 12.1 Å². The number of carbonyl (C=O) groups excluding carboxylic acids is 1. The maximum atomic E-state index is 14.0. The number of fused-ring (bicyclic) bond motifs is 1. The van der Waals surface area contributed by atoms with Crippen LogP contribution in [0.4, 0.5) is 24.7 Å². The number of amides is 1. The number of rotatable bonds is 5. The Morgan fingerprint density at radius 2 is 1.82 bits per heavy atom. The number of aromatic nitrogens is 2. The number of methoxy groups -OCH3 is 2. The van der Waals surface area contributed by atoms with Crippen molar-refractivity contribution in [3.63, 3.8) is 0 Å². The molecular formula is C24H25F3N4O3. The van der Waals surface area contributed by atoms with E-state index in [0.717, 1.165) is 22.0 Å². The van der Waals surface area contributed by atoms with Gasteiger partial charge in [0.25, 0.3) is 5.91 Å². The summed E-state index contributed by atoms with van der Waals surface area (Å²) < 4.78 is 53.3. The van der Waals surface area contributed by atoms with Gasteiger partial charge < -0.3 is 20.1 Å². The number of carbonyl (C=O) groups is 1. The second-order valence-corrected chi connectivity index (χ2v) is 8.21. The third-order valence-electron chi connectivity index (χ3n) is 6.06. The summed E-state index contributed by atoms with van der Waals surface area (Å²) in [6, 6.07) is 7.73. The summed E-state index contributed by atoms with van der Waals surface area (Å²) in [7, 11) is 2.94. The monoisotopic (exact) mass is 474 g/mol. The van der Waals surface area contributed by atoms with Crippen LogP contribution in [0.15, 0.2) is 42.6 Å². The molecule has 1 aromatic heterocycles. The number of nitrogens with one attached hydrogen (secondary N) is 2. The number of halogens is 3. The standard InChI is InChI=1S/C24H25F3N4O3/c1-13-5-7-16(9-14(13)2)29-23(32)17-12-28-31-21(24(25,26)27)11-18(30-22(17)31)15-6-8-19(33-3)20(10-15)34-4/h5-10,12,18,21,30H,11H2,1-4H3,(H,29,32). The summed E-state index contributed by atoms with van der Waals surface area (Å²) in [6.07, 6.45) is -3.69. The summed E-state index contributed by atoms with van der Waals surface area (Å²) in [5, 5.41) is 9.75. The molecule has 34 heavy (non-hydrogen) atoms. The van der Waals surface area contributed by atoms with Crippen molar-refractivity contribution < 1.29 is 27.4 Å². The Hall–Kier alpha value is -3.69. The Morgan fingerprint density at radius 3 is 2.47 bits per heavy atom. The average molecular weight is 474 g/mol. The summed E-state index contributed by atoms with van der Waals surface area (Å²) in [4.78, 5) is 13.0. The minimum atomic E-state index is -4.56. The van der Waals surface area contributed by atoms with Gasteiger partial charge in [-0.05, 0) is 54.8 Å². The first kappa shape index (κ1) is 23.5. The number of anilines is 2. The summed E-state index contributed by atoms with van der Waals surface area (Å²) in [5.74, 6) is 0.325. The molecule has 1 amide bonds. The van der Waals surface area contributed by atoms with E-state index in [1.54, 1.807) is 24.3 Å². The molecule has 10 heteroatoms. The van der Waals surface area contributed by atoms with E-state index in [1.807, 2.05) is 26.0 Å². The van der Waals surface area contributed by atoms with Crippen LogP contribution in [0.2, 0.25) is 0 Å². The molecule has 0 saturated heterocycles. The maximum absolute atomic E-state index is 14.0. The lowest BCUT2D eigenvalue weighted by atomic mass is 9.96. The third-order valence-corrected chi connectivity index (χ3v) is 6.06. The number of benzene rings is 2. The molecule has 2 unspecified atom stereocenters. The second kappa shape index (κ2) is 8.92. The number of nitrogens with zero attached hydrogens (tertiary/aromatic N) is 2. The number of hydrogen-bond donors (Lipinski definition) is 2. The number of ether oxygens (including phenoxy) is 2. The molecule has 0 saturated carbocycles. The molecule has 0 spiro atoms. The van der Waals surface area contributed by atoms with Crippen LogP contribution in [-0.4, -0.2) is 36.1 Å². The van der Waals surface area contributed by atoms with Crippen LogP contribution in [0.3, 0.4) is 0 Å². The Kier molecular flexibility index (Phi) is 6.16. The van der Waals surface area contributed by atoms with E-state index in [2.05, 4.69) is 15.7 Å². The van der Waals surface area contributed by atoms with Crippen LogP contribution < -0.4 is 20.1 Å². The fourth-order valence-corrected chi connectivity index (χ4v) is 4.03. The van der Waals surface area contributed by atoms with Crippen molar-refractivity contribution in [1.29, 1.82) is 0 Å². The minimum absolute atomic E-state index is 0.00898. The number of aryl methyl sites for hydroxylation is 2. The molecule has 2 heterocycles. The summed E-state index contributed by atoms with van der Waals surface area (Å²) in [6.45, 7) is 3.86. The van der Waals surface area contributed by atoms with Gasteiger partial charge in [-0.2, -0.15) is 18.3 Å². The van der Waals surface area contributed by atoms with Crippen LogP contribution in [0, 0.1) is 13.8 Å². The zero-order chi connectivity index (χ0) is 24.6. The van der Waals surface area contributed by atoms with Gasteiger partial charge in [-0.3, -0.25) is 4.79 Å². The molecule has 0 aliphatic carbocycles. The van der Waals surface area contributed by atoms with E-state index in [4.69, 9.17) is 9.47 Å². The quantitative estimate of drug-likeness (QED) is 0.516. The van der Waals surface area contributed by atoms with E-state index in [9.17, 15) is 18.0 Å². The summed E-state index contributed by atoms with van der Waals surface area (Å²) >= 11 is 0. The Labute approximate surface area is 194 Å². The Bertz CT molecular complexity index is 1220. The predicted molar refractivity (Wildman–Crippen MR) is 122 cm³/mol. The lowest BCUT2D eigenvalue weighted by Gasteiger charge is -2.34. The molecule has 7 nitrogen and oxygen atoms in total. The van der Waals surface area contributed by atoms with Crippen molar-refractivity contribution in [2.24, 2.45) is 0 Å². The molecule has 0 bridgehead atoms. The molecule has 4 rings (SSSR count). The van der Waals surface area contributed by atoms with Gasteiger partial charge in [0, 0.05) is 12.1 Å². The van der Waals surface area contributed by atoms with Crippen LogP contribution in [0.1, 0.15) is 45.6 Å². The highest BCUT2D eigenvalue weighted by Gasteiger charge is 2.47. The normalized spacial score (nSPS) is 17.5. The largest absolute Gasteiger partial charge is 0.493 e. The zero-order valence-corrected chi connectivity index (χ0v) is 19.2. The van der Waals surface area contributed by atoms with Crippen molar-refractivity contribution in [2.75, 3.05) is 24.9 Å². The maximum Gasteiger partial charge on any atom is 0.410 e. The lowest BCUT2D eigenvalue weighted by Crippen LogP contribution is -2.36. The number of hydrogen-bond acceptors (Lipinski definition) is 5. The van der Waals surface area contributed by atoms with E-state index < -0.39 is 24.2 Å². The van der Waals surface area contributed by atoms with Crippen molar-refractivity contribution in [1.82, 2.24) is 9.78 Å². The van der Waals surface area contributed by atoms with Crippen molar-refractivity contribution >= 4 is 17.4 Å². The van der Waals surface area contributed by atoms with Gasteiger partial charge in [0.05, 0.1) is 26.5 Å². The Morgan fingerprint density at radius 1 is 1.09 bits per heavy atom. The molecule has 2 aromatic carbocycles. The summed E-state index contributed by atoms with van der Waals surface area (Å²) in [5.41, 5.74) is 3.19. The third kappa shape index (κ3) is 4.40. The van der Waals surface area contributed by atoms with Crippen molar-refractivity contribution in [3.8, 4) is 11.5 Å².